The highest BCUT2D eigenvalue weighted by molar-refractivity contribution is 7.95. The van der Waals surface area contributed by atoms with Crippen molar-refractivity contribution in [3.05, 3.63) is 40.8 Å². The quantitative estimate of drug-likeness (QED) is 0.569. The van der Waals surface area contributed by atoms with Crippen molar-refractivity contribution in [3.8, 4) is 5.75 Å². The van der Waals surface area contributed by atoms with E-state index >= 15 is 0 Å². The first-order chi connectivity index (χ1) is 13.2. The van der Waals surface area contributed by atoms with Crippen molar-refractivity contribution in [2.45, 2.75) is 31.4 Å². The Morgan fingerprint density at radius 3 is 3.07 bits per heavy atom. The monoisotopic (exact) mass is 404 g/mol. The highest BCUT2D eigenvalue weighted by Gasteiger charge is 2.26. The molecule has 142 valence electrons. The van der Waals surface area contributed by atoms with E-state index in [1.165, 1.54) is 11.3 Å². The number of hydrogen-bond acceptors (Lipinski definition) is 6. The molecule has 0 amide bonds. The number of aromatic amines is 1. The number of ether oxygens (including phenoxy) is 1. The van der Waals surface area contributed by atoms with Crippen molar-refractivity contribution >= 4 is 46.2 Å². The maximum atomic E-state index is 6.17. The molecule has 0 aliphatic heterocycles. The summed E-state index contributed by atoms with van der Waals surface area (Å²) in [6.07, 6.45) is 4.56. The molecule has 1 unspecified atom stereocenters. The normalized spacial score (nSPS) is 16.3. The van der Waals surface area contributed by atoms with E-state index < -0.39 is 0 Å². The Morgan fingerprint density at radius 2 is 2.26 bits per heavy atom. The minimum absolute atomic E-state index is 0.435. The fourth-order valence-electron chi connectivity index (χ4n) is 3.46. The summed E-state index contributed by atoms with van der Waals surface area (Å²) < 4.78 is 11.0. The molecule has 0 saturated carbocycles. The molecule has 8 heteroatoms. The van der Waals surface area contributed by atoms with Gasteiger partial charge in [0.05, 0.1) is 24.8 Å². The van der Waals surface area contributed by atoms with Gasteiger partial charge in [-0.15, -0.1) is 0 Å². The van der Waals surface area contributed by atoms with Gasteiger partial charge in [-0.1, -0.05) is 11.6 Å². The number of H-pyrrole nitrogens is 1. The number of aromatic nitrogens is 3. The van der Waals surface area contributed by atoms with E-state index in [4.69, 9.17) is 20.5 Å². The molecule has 1 aliphatic rings. The molecule has 6 nitrogen and oxygen atoms in total. The Balaban J connectivity index is 1.73. The summed E-state index contributed by atoms with van der Waals surface area (Å²) in [5.41, 5.74) is 4.12. The minimum atomic E-state index is 0.435. The summed E-state index contributed by atoms with van der Waals surface area (Å²) in [5.74, 6) is 1.46. The number of aryl methyl sites for hydroxylation is 1. The molecule has 1 atom stereocenters. The summed E-state index contributed by atoms with van der Waals surface area (Å²) in [5, 5.41) is 5.47. The van der Waals surface area contributed by atoms with E-state index in [0.29, 0.717) is 22.6 Å². The topological polar surface area (TPSA) is 72.1 Å². The predicted octanol–water partition coefficient (Wildman–Crippen LogP) is 4.91. The SMILES string of the molecule is CCOSC1CCc2[nH]c3ncnc(Nc4cc(Cl)ccc4OC)c3c2C1. The summed E-state index contributed by atoms with van der Waals surface area (Å²) >= 11 is 7.75. The molecular formula is C19H21ClN4O2S. The maximum Gasteiger partial charge on any atom is 0.143 e. The van der Waals surface area contributed by atoms with Gasteiger partial charge in [0, 0.05) is 16.0 Å². The molecule has 1 aliphatic carbocycles. The molecule has 1 aromatic carbocycles. The van der Waals surface area contributed by atoms with E-state index in [2.05, 4.69) is 20.3 Å². The first-order valence-electron chi connectivity index (χ1n) is 8.92. The van der Waals surface area contributed by atoms with Crippen LogP contribution in [0.4, 0.5) is 11.5 Å². The number of anilines is 2. The van der Waals surface area contributed by atoms with E-state index in [1.54, 1.807) is 31.5 Å². The molecule has 2 aromatic heterocycles. The molecule has 2 heterocycles. The van der Waals surface area contributed by atoms with Crippen molar-refractivity contribution in [2.24, 2.45) is 0 Å². The minimum Gasteiger partial charge on any atom is -0.495 e. The number of halogens is 1. The van der Waals surface area contributed by atoms with E-state index in [-0.39, 0.29) is 0 Å². The van der Waals surface area contributed by atoms with Crippen molar-refractivity contribution < 1.29 is 8.92 Å². The van der Waals surface area contributed by atoms with Crippen LogP contribution in [0.25, 0.3) is 11.0 Å². The lowest BCUT2D eigenvalue weighted by molar-refractivity contribution is 0.395. The zero-order chi connectivity index (χ0) is 18.8. The number of benzene rings is 1. The molecule has 27 heavy (non-hydrogen) atoms. The second kappa shape index (κ2) is 7.96. The first-order valence-corrected chi connectivity index (χ1v) is 10.1. The van der Waals surface area contributed by atoms with Gasteiger partial charge in [0.2, 0.25) is 0 Å². The van der Waals surface area contributed by atoms with Gasteiger partial charge in [-0.05, 0) is 62.0 Å². The number of hydrogen-bond donors (Lipinski definition) is 2. The third kappa shape index (κ3) is 3.72. The van der Waals surface area contributed by atoms with Crippen LogP contribution < -0.4 is 10.1 Å². The average molecular weight is 405 g/mol. The molecule has 0 spiro atoms. The van der Waals surface area contributed by atoms with E-state index in [1.807, 2.05) is 19.1 Å². The predicted molar refractivity (Wildman–Crippen MR) is 110 cm³/mol. The third-order valence-electron chi connectivity index (χ3n) is 4.67. The maximum absolute atomic E-state index is 6.17. The summed E-state index contributed by atoms with van der Waals surface area (Å²) in [4.78, 5) is 12.4. The Kier molecular flexibility index (Phi) is 5.43. The summed E-state index contributed by atoms with van der Waals surface area (Å²) in [6.45, 7) is 2.73. The van der Waals surface area contributed by atoms with Crippen LogP contribution >= 0.6 is 23.6 Å². The second-order valence-corrected chi connectivity index (χ2v) is 7.90. The fourth-order valence-corrected chi connectivity index (χ4v) is 4.41. The van der Waals surface area contributed by atoms with Crippen molar-refractivity contribution in [2.75, 3.05) is 19.0 Å². The van der Waals surface area contributed by atoms with Crippen molar-refractivity contribution in [3.63, 3.8) is 0 Å². The zero-order valence-electron chi connectivity index (χ0n) is 15.2. The number of methoxy groups -OCH3 is 1. The average Bonchev–Trinajstić information content (AvgIpc) is 3.05. The molecule has 0 fully saturated rings. The van der Waals surface area contributed by atoms with Crippen LogP contribution in [0.2, 0.25) is 5.02 Å². The molecule has 0 bridgehead atoms. The van der Waals surface area contributed by atoms with Gasteiger partial charge in [0.15, 0.2) is 0 Å². The molecule has 4 rings (SSSR count). The zero-order valence-corrected chi connectivity index (χ0v) is 16.8. The molecule has 0 saturated heterocycles. The van der Waals surface area contributed by atoms with Gasteiger partial charge in [-0.3, -0.25) is 0 Å². The van der Waals surface area contributed by atoms with Crippen LogP contribution in [-0.2, 0) is 17.0 Å². The third-order valence-corrected chi connectivity index (χ3v) is 5.95. The van der Waals surface area contributed by atoms with Crippen molar-refractivity contribution in [1.29, 1.82) is 0 Å². The fraction of sp³-hybridized carbons (Fsp3) is 0.368. The first kappa shape index (κ1) is 18.4. The summed E-state index contributed by atoms with van der Waals surface area (Å²) in [7, 11) is 1.64. The van der Waals surface area contributed by atoms with E-state index in [0.717, 1.165) is 41.8 Å². The smallest absolute Gasteiger partial charge is 0.143 e. The van der Waals surface area contributed by atoms with Gasteiger partial charge >= 0.3 is 0 Å². The van der Waals surface area contributed by atoms with Crippen LogP contribution in [0.3, 0.4) is 0 Å². The molecular weight excluding hydrogens is 384 g/mol. The van der Waals surface area contributed by atoms with Gasteiger partial charge in [0.25, 0.3) is 0 Å². The highest BCUT2D eigenvalue weighted by atomic mass is 35.5. The van der Waals surface area contributed by atoms with Crippen molar-refractivity contribution in [1.82, 2.24) is 15.0 Å². The largest absolute Gasteiger partial charge is 0.495 e. The number of nitrogens with one attached hydrogen (secondary N) is 2. The lowest BCUT2D eigenvalue weighted by Gasteiger charge is -2.21. The number of rotatable bonds is 6. The number of fused-ring (bicyclic) bond motifs is 3. The Morgan fingerprint density at radius 1 is 1.37 bits per heavy atom. The van der Waals surface area contributed by atoms with Crippen LogP contribution in [0, 0.1) is 0 Å². The summed E-state index contributed by atoms with van der Waals surface area (Å²) in [6, 6.07) is 5.47. The Hall–Kier alpha value is -1.96. The lowest BCUT2D eigenvalue weighted by Crippen LogP contribution is -2.16. The Bertz CT molecular complexity index is 962. The molecule has 3 aromatic rings. The van der Waals surface area contributed by atoms with Crippen LogP contribution in [0.1, 0.15) is 24.6 Å². The van der Waals surface area contributed by atoms with Gasteiger partial charge in [0.1, 0.15) is 23.5 Å². The standard InChI is InChI=1S/C19H21ClN4O2S/c1-3-26-27-12-5-6-14-13(9-12)17-18(23-14)21-10-22-19(17)24-15-8-11(20)4-7-16(15)25-2/h4,7-8,10,12H,3,5-6,9H2,1-2H3,(H2,21,22,23,24). The molecule has 0 radical (unpaired) electrons. The lowest BCUT2D eigenvalue weighted by atomic mass is 9.95. The van der Waals surface area contributed by atoms with Crippen LogP contribution in [-0.4, -0.2) is 33.9 Å². The Labute approximate surface area is 167 Å². The van der Waals surface area contributed by atoms with Gasteiger partial charge in [-0.2, -0.15) is 0 Å². The highest BCUT2D eigenvalue weighted by Crippen LogP contribution is 2.38. The molecule has 2 N–H and O–H groups in total. The van der Waals surface area contributed by atoms with Gasteiger partial charge in [-0.25, -0.2) is 9.97 Å². The van der Waals surface area contributed by atoms with Gasteiger partial charge < -0.3 is 19.2 Å². The van der Waals surface area contributed by atoms with Crippen LogP contribution in [0.5, 0.6) is 5.75 Å². The van der Waals surface area contributed by atoms with E-state index in [9.17, 15) is 0 Å². The van der Waals surface area contributed by atoms with Crippen LogP contribution in [0.15, 0.2) is 24.5 Å². The number of nitrogens with zero attached hydrogens (tertiary/aromatic N) is 2. The second-order valence-electron chi connectivity index (χ2n) is 6.37.